The maximum absolute atomic E-state index is 12.7. The molecule has 0 bridgehead atoms. The fourth-order valence-electron chi connectivity index (χ4n) is 1.94. The normalized spacial score (nSPS) is 20.4. The average molecular weight is 285 g/mol. The Kier molecular flexibility index (Phi) is 5.18. The Morgan fingerprint density at radius 3 is 2.89 bits per heavy atom. The summed E-state index contributed by atoms with van der Waals surface area (Å²) in [6.07, 6.45) is 0. The molecule has 2 rings (SSSR count). The van der Waals surface area contributed by atoms with E-state index >= 15 is 0 Å². The lowest BCUT2D eigenvalue weighted by Gasteiger charge is -2.32. The maximum atomic E-state index is 12.7. The zero-order valence-corrected chi connectivity index (χ0v) is 11.2. The van der Waals surface area contributed by atoms with Crippen molar-refractivity contribution in [2.45, 2.75) is 10.9 Å². The Bertz CT molecular complexity index is 426. The molecule has 0 amide bonds. The molecule has 1 heterocycles. The third-order valence-corrected chi connectivity index (χ3v) is 3.98. The summed E-state index contributed by atoms with van der Waals surface area (Å²) < 4.78 is 17.9. The molecular weight excluding hydrogens is 269 g/mol. The van der Waals surface area contributed by atoms with Crippen molar-refractivity contribution in [3.8, 4) is 0 Å². The van der Waals surface area contributed by atoms with Gasteiger partial charge in [0, 0.05) is 23.7 Å². The van der Waals surface area contributed by atoms with Gasteiger partial charge < -0.3 is 9.84 Å². The van der Waals surface area contributed by atoms with Crippen LogP contribution in [0.25, 0.3) is 0 Å². The van der Waals surface area contributed by atoms with Crippen molar-refractivity contribution < 1.29 is 19.0 Å². The molecule has 0 spiro atoms. The molecule has 1 fully saturated rings. The first kappa shape index (κ1) is 14.3. The zero-order valence-electron chi connectivity index (χ0n) is 10.4. The minimum atomic E-state index is -0.841. The van der Waals surface area contributed by atoms with Crippen LogP contribution in [0.4, 0.5) is 4.39 Å². The van der Waals surface area contributed by atoms with E-state index in [1.165, 1.54) is 12.1 Å². The Morgan fingerprint density at radius 2 is 2.21 bits per heavy atom. The molecule has 0 saturated carbocycles. The lowest BCUT2D eigenvalue weighted by molar-refractivity contribution is -0.149. The topological polar surface area (TPSA) is 49.8 Å². The lowest BCUT2D eigenvalue weighted by Crippen LogP contribution is -2.50. The van der Waals surface area contributed by atoms with Gasteiger partial charge in [0.05, 0.1) is 13.2 Å². The van der Waals surface area contributed by atoms with E-state index in [-0.39, 0.29) is 12.4 Å². The van der Waals surface area contributed by atoms with E-state index in [9.17, 15) is 9.18 Å². The molecule has 0 aromatic heterocycles. The Morgan fingerprint density at radius 1 is 1.47 bits per heavy atom. The summed E-state index contributed by atoms with van der Waals surface area (Å²) in [6, 6.07) is 5.76. The van der Waals surface area contributed by atoms with Crippen LogP contribution in [-0.2, 0) is 9.53 Å². The van der Waals surface area contributed by atoms with E-state index in [1.807, 2.05) is 4.90 Å². The number of ether oxygens (including phenoxy) is 1. The van der Waals surface area contributed by atoms with E-state index in [4.69, 9.17) is 9.84 Å². The fourth-order valence-corrected chi connectivity index (χ4v) is 2.83. The number of benzene rings is 1. The summed E-state index contributed by atoms with van der Waals surface area (Å²) in [7, 11) is 0. The summed E-state index contributed by atoms with van der Waals surface area (Å²) in [4.78, 5) is 14.0. The second-order valence-corrected chi connectivity index (χ2v) is 5.44. The number of carbonyl (C=O) groups is 1. The smallest absolute Gasteiger partial charge is 0.323 e. The van der Waals surface area contributed by atoms with Crippen molar-refractivity contribution in [3.63, 3.8) is 0 Å². The van der Waals surface area contributed by atoms with Crippen LogP contribution in [0.2, 0.25) is 0 Å². The monoisotopic (exact) mass is 285 g/mol. The quantitative estimate of drug-likeness (QED) is 0.835. The predicted octanol–water partition coefficient (Wildman–Crippen LogP) is 1.70. The second-order valence-electron chi connectivity index (χ2n) is 4.27. The molecule has 1 aliphatic heterocycles. The third-order valence-electron chi connectivity index (χ3n) is 2.99. The van der Waals surface area contributed by atoms with E-state index in [0.717, 1.165) is 10.6 Å². The number of nitrogens with zero attached hydrogens (tertiary/aromatic N) is 1. The molecule has 1 saturated heterocycles. The van der Waals surface area contributed by atoms with Crippen LogP contribution in [0.3, 0.4) is 0 Å². The highest BCUT2D eigenvalue weighted by Gasteiger charge is 2.28. The molecule has 1 aromatic rings. The van der Waals surface area contributed by atoms with Crippen LogP contribution >= 0.6 is 11.8 Å². The predicted molar refractivity (Wildman–Crippen MR) is 70.9 cm³/mol. The molecule has 1 unspecified atom stereocenters. The number of carboxylic acids is 1. The third kappa shape index (κ3) is 4.19. The Hall–Kier alpha value is -1.11. The van der Waals surface area contributed by atoms with Crippen molar-refractivity contribution in [1.29, 1.82) is 0 Å². The molecule has 0 radical (unpaired) electrons. The standard InChI is InChI=1S/C13H16FNO3S/c14-10-1-3-11(4-2-10)19-8-6-15-5-7-18-9-12(15)13(16)17/h1-4,12H,5-9H2,(H,16,17). The number of carboxylic acid groups (broad SMARTS) is 1. The van der Waals surface area contributed by atoms with Crippen molar-refractivity contribution in [2.75, 3.05) is 32.1 Å². The lowest BCUT2D eigenvalue weighted by atomic mass is 10.2. The molecule has 1 N–H and O–H groups in total. The number of rotatable bonds is 5. The van der Waals surface area contributed by atoms with Gasteiger partial charge in [-0.3, -0.25) is 9.69 Å². The van der Waals surface area contributed by atoms with Crippen molar-refractivity contribution in [2.24, 2.45) is 0 Å². The summed E-state index contributed by atoms with van der Waals surface area (Å²) in [5.74, 6) is -0.315. The summed E-state index contributed by atoms with van der Waals surface area (Å²) in [6.45, 7) is 2.14. The number of morpholine rings is 1. The van der Waals surface area contributed by atoms with Gasteiger partial charge in [-0.1, -0.05) is 0 Å². The molecule has 1 atom stereocenters. The van der Waals surface area contributed by atoms with Gasteiger partial charge in [0.15, 0.2) is 0 Å². The van der Waals surface area contributed by atoms with E-state index in [0.29, 0.717) is 19.7 Å². The first-order valence-electron chi connectivity index (χ1n) is 6.10. The highest BCUT2D eigenvalue weighted by molar-refractivity contribution is 7.99. The number of halogens is 1. The van der Waals surface area contributed by atoms with Crippen LogP contribution in [-0.4, -0.2) is 54.1 Å². The van der Waals surface area contributed by atoms with Gasteiger partial charge in [-0.2, -0.15) is 0 Å². The van der Waals surface area contributed by atoms with Gasteiger partial charge in [-0.25, -0.2) is 4.39 Å². The average Bonchev–Trinajstić information content (AvgIpc) is 2.41. The number of aliphatic carboxylic acids is 1. The Balaban J connectivity index is 1.80. The van der Waals surface area contributed by atoms with Crippen LogP contribution in [0.5, 0.6) is 0 Å². The molecule has 1 aromatic carbocycles. The molecule has 1 aliphatic rings. The maximum Gasteiger partial charge on any atom is 0.323 e. The van der Waals surface area contributed by atoms with Crippen LogP contribution < -0.4 is 0 Å². The zero-order chi connectivity index (χ0) is 13.7. The SMILES string of the molecule is O=C(O)C1COCCN1CCSc1ccc(F)cc1. The first-order valence-corrected chi connectivity index (χ1v) is 7.08. The molecule has 6 heteroatoms. The molecule has 4 nitrogen and oxygen atoms in total. The fraction of sp³-hybridized carbons (Fsp3) is 0.462. The van der Waals surface area contributed by atoms with Crippen LogP contribution in [0, 0.1) is 5.82 Å². The highest BCUT2D eigenvalue weighted by Crippen LogP contribution is 2.19. The minimum Gasteiger partial charge on any atom is -0.480 e. The Labute approximate surface area is 115 Å². The van der Waals surface area contributed by atoms with Crippen LogP contribution in [0.1, 0.15) is 0 Å². The van der Waals surface area contributed by atoms with E-state index < -0.39 is 12.0 Å². The summed E-state index contributed by atoms with van der Waals surface area (Å²) >= 11 is 1.59. The van der Waals surface area contributed by atoms with E-state index in [2.05, 4.69) is 0 Å². The number of hydrogen-bond donors (Lipinski definition) is 1. The van der Waals surface area contributed by atoms with E-state index in [1.54, 1.807) is 23.9 Å². The molecule has 19 heavy (non-hydrogen) atoms. The summed E-state index contributed by atoms with van der Waals surface area (Å²) in [5.41, 5.74) is 0. The van der Waals surface area contributed by atoms with Gasteiger partial charge in [-0.15, -0.1) is 11.8 Å². The van der Waals surface area contributed by atoms with Crippen molar-refractivity contribution in [3.05, 3.63) is 30.1 Å². The first-order chi connectivity index (χ1) is 9.16. The molecule has 0 aliphatic carbocycles. The minimum absolute atomic E-state index is 0.247. The second kappa shape index (κ2) is 6.88. The van der Waals surface area contributed by atoms with Gasteiger partial charge in [0.25, 0.3) is 0 Å². The van der Waals surface area contributed by atoms with Gasteiger partial charge in [0.2, 0.25) is 0 Å². The van der Waals surface area contributed by atoms with Crippen molar-refractivity contribution >= 4 is 17.7 Å². The van der Waals surface area contributed by atoms with Crippen LogP contribution in [0.15, 0.2) is 29.2 Å². The molecule has 104 valence electrons. The number of hydrogen-bond acceptors (Lipinski definition) is 4. The number of thioether (sulfide) groups is 1. The highest BCUT2D eigenvalue weighted by atomic mass is 32.2. The van der Waals surface area contributed by atoms with Gasteiger partial charge in [0.1, 0.15) is 11.9 Å². The van der Waals surface area contributed by atoms with Crippen molar-refractivity contribution in [1.82, 2.24) is 4.90 Å². The largest absolute Gasteiger partial charge is 0.480 e. The molecular formula is C13H16FNO3S. The summed E-state index contributed by atoms with van der Waals surface area (Å²) in [5, 5.41) is 9.09. The van der Waals surface area contributed by atoms with Gasteiger partial charge in [-0.05, 0) is 24.3 Å². The van der Waals surface area contributed by atoms with Gasteiger partial charge >= 0.3 is 5.97 Å².